The van der Waals surface area contributed by atoms with E-state index >= 15 is 0 Å². The van der Waals surface area contributed by atoms with Crippen LogP contribution in [0, 0.1) is 0 Å². The first kappa shape index (κ1) is 15.7. The molecule has 4 rings (SSSR count). The summed E-state index contributed by atoms with van der Waals surface area (Å²) in [6.07, 6.45) is 4.69. The topological polar surface area (TPSA) is 60.2 Å². The van der Waals surface area contributed by atoms with Crippen molar-refractivity contribution < 1.29 is 9.53 Å². The van der Waals surface area contributed by atoms with Crippen molar-refractivity contribution in [3.63, 3.8) is 0 Å². The molecule has 0 radical (unpaired) electrons. The van der Waals surface area contributed by atoms with Crippen LogP contribution in [0.25, 0.3) is 0 Å². The lowest BCUT2D eigenvalue weighted by atomic mass is 9.92. The van der Waals surface area contributed by atoms with Crippen LogP contribution in [-0.2, 0) is 18.4 Å². The monoisotopic (exact) mass is 344 g/mol. The van der Waals surface area contributed by atoms with Gasteiger partial charge in [-0.1, -0.05) is 6.07 Å². The predicted octanol–water partition coefficient (Wildman–Crippen LogP) is 1.73. The molecule has 0 bridgehead atoms. The van der Waals surface area contributed by atoms with Crippen LogP contribution in [0.15, 0.2) is 36.7 Å². The quantitative estimate of drug-likeness (QED) is 0.845. The van der Waals surface area contributed by atoms with Gasteiger partial charge in [0.1, 0.15) is 5.69 Å². The van der Waals surface area contributed by atoms with Crippen molar-refractivity contribution in [2.45, 2.75) is 23.9 Å². The molecule has 2 aromatic rings. The summed E-state index contributed by atoms with van der Waals surface area (Å²) < 4.78 is 7.81. The van der Waals surface area contributed by atoms with E-state index in [-0.39, 0.29) is 16.8 Å². The lowest BCUT2D eigenvalue weighted by Crippen LogP contribution is -2.61. The molecule has 126 valence electrons. The first-order valence-corrected chi connectivity index (χ1v) is 9.07. The maximum absolute atomic E-state index is 12.5. The summed E-state index contributed by atoms with van der Waals surface area (Å²) >= 11 is 1.94. The summed E-state index contributed by atoms with van der Waals surface area (Å²) in [5.41, 5.74) is 1.61. The summed E-state index contributed by atoms with van der Waals surface area (Å²) in [4.78, 5) is 18.7. The van der Waals surface area contributed by atoms with Gasteiger partial charge in [-0.15, -0.1) is 11.8 Å². The molecule has 2 fully saturated rings. The Kier molecular flexibility index (Phi) is 4.05. The van der Waals surface area contributed by atoms with Crippen LogP contribution in [0.1, 0.15) is 22.6 Å². The molecule has 4 heterocycles. The number of likely N-dealkylation sites (tertiary alicyclic amines) is 1. The molecule has 0 N–H and O–H groups in total. The third kappa shape index (κ3) is 2.93. The van der Waals surface area contributed by atoms with Crippen LogP contribution in [0.2, 0.25) is 0 Å². The standard InChI is InChI=1S/C17H20N4O2S/c1-20-15(5-7-19-20)16(22)21-11-17(12-21)8-14(10-24-17)23-9-13-4-2-3-6-18-13/h2-7,14H,8-12H2,1H3/t14-/m1/s1. The molecule has 1 atom stereocenters. The zero-order chi connectivity index (χ0) is 16.6. The highest BCUT2D eigenvalue weighted by atomic mass is 32.2. The molecule has 0 aromatic carbocycles. The first-order valence-electron chi connectivity index (χ1n) is 8.08. The highest BCUT2D eigenvalue weighted by Gasteiger charge is 2.51. The van der Waals surface area contributed by atoms with Gasteiger partial charge in [0.15, 0.2) is 0 Å². The van der Waals surface area contributed by atoms with Crippen LogP contribution in [0.4, 0.5) is 0 Å². The second kappa shape index (κ2) is 6.22. The number of rotatable bonds is 4. The largest absolute Gasteiger partial charge is 0.371 e. The fraction of sp³-hybridized carbons (Fsp3) is 0.471. The Balaban J connectivity index is 1.29. The Bertz CT molecular complexity index is 727. The third-order valence-electron chi connectivity index (χ3n) is 4.65. The van der Waals surface area contributed by atoms with Crippen molar-refractivity contribution in [3.05, 3.63) is 48.0 Å². The van der Waals surface area contributed by atoms with Crippen molar-refractivity contribution in [2.24, 2.45) is 7.05 Å². The van der Waals surface area contributed by atoms with E-state index in [2.05, 4.69) is 10.1 Å². The average molecular weight is 344 g/mol. The minimum Gasteiger partial charge on any atom is -0.371 e. The molecular formula is C17H20N4O2S. The van der Waals surface area contributed by atoms with Crippen molar-refractivity contribution >= 4 is 17.7 Å². The van der Waals surface area contributed by atoms with Crippen LogP contribution in [0.5, 0.6) is 0 Å². The first-order chi connectivity index (χ1) is 11.7. The Morgan fingerprint density at radius 3 is 2.96 bits per heavy atom. The maximum atomic E-state index is 12.5. The highest BCUT2D eigenvalue weighted by Crippen LogP contribution is 2.46. The van der Waals surface area contributed by atoms with Crippen LogP contribution in [0.3, 0.4) is 0 Å². The van der Waals surface area contributed by atoms with Crippen LogP contribution in [-0.4, -0.2) is 55.3 Å². The van der Waals surface area contributed by atoms with Gasteiger partial charge in [-0.05, 0) is 24.6 Å². The van der Waals surface area contributed by atoms with Gasteiger partial charge in [-0.2, -0.15) is 5.10 Å². The molecule has 0 saturated carbocycles. The number of hydrogen-bond donors (Lipinski definition) is 0. The number of carbonyl (C=O) groups is 1. The van der Waals surface area contributed by atoms with E-state index in [0.717, 1.165) is 31.0 Å². The molecule has 2 aliphatic heterocycles. The van der Waals surface area contributed by atoms with E-state index in [0.29, 0.717) is 12.3 Å². The molecular weight excluding hydrogens is 324 g/mol. The summed E-state index contributed by atoms with van der Waals surface area (Å²) in [7, 11) is 1.80. The fourth-order valence-corrected chi connectivity index (χ4v) is 4.91. The highest BCUT2D eigenvalue weighted by molar-refractivity contribution is 8.01. The van der Waals surface area contributed by atoms with Crippen molar-refractivity contribution in [1.29, 1.82) is 0 Å². The number of amides is 1. The number of carbonyl (C=O) groups excluding carboxylic acids is 1. The van der Waals surface area contributed by atoms with Crippen molar-refractivity contribution in [2.75, 3.05) is 18.8 Å². The molecule has 7 heteroatoms. The van der Waals surface area contributed by atoms with Gasteiger partial charge in [0.2, 0.25) is 0 Å². The van der Waals surface area contributed by atoms with Gasteiger partial charge >= 0.3 is 0 Å². The summed E-state index contributed by atoms with van der Waals surface area (Å²) in [5, 5.41) is 4.07. The average Bonchev–Trinajstić information content (AvgIpc) is 3.18. The van der Waals surface area contributed by atoms with Crippen molar-refractivity contribution in [3.8, 4) is 0 Å². The number of pyridine rings is 1. The van der Waals surface area contributed by atoms with E-state index < -0.39 is 0 Å². The summed E-state index contributed by atoms with van der Waals surface area (Å²) in [6.45, 7) is 2.15. The number of hydrogen-bond acceptors (Lipinski definition) is 5. The second-order valence-corrected chi connectivity index (χ2v) is 7.94. The summed E-state index contributed by atoms with van der Waals surface area (Å²) in [5.74, 6) is 1.06. The normalized spacial score (nSPS) is 21.9. The Morgan fingerprint density at radius 1 is 1.38 bits per heavy atom. The fourth-order valence-electron chi connectivity index (χ4n) is 3.36. The molecule has 2 saturated heterocycles. The number of ether oxygens (including phenoxy) is 1. The van der Waals surface area contributed by atoms with E-state index in [4.69, 9.17) is 4.74 Å². The lowest BCUT2D eigenvalue weighted by molar-refractivity contribution is 0.0241. The van der Waals surface area contributed by atoms with Gasteiger partial charge in [0, 0.05) is 38.3 Å². The molecule has 6 nitrogen and oxygen atoms in total. The number of thioether (sulfide) groups is 1. The Hall–Kier alpha value is -1.86. The Labute approximate surface area is 145 Å². The zero-order valence-corrected chi connectivity index (χ0v) is 14.4. The van der Waals surface area contributed by atoms with Gasteiger partial charge in [0.05, 0.1) is 23.2 Å². The maximum Gasteiger partial charge on any atom is 0.272 e. The smallest absolute Gasteiger partial charge is 0.272 e. The van der Waals surface area contributed by atoms with Gasteiger partial charge in [0.25, 0.3) is 5.91 Å². The number of nitrogens with zero attached hydrogens (tertiary/aromatic N) is 4. The number of aromatic nitrogens is 3. The predicted molar refractivity (Wildman–Crippen MR) is 91.7 cm³/mol. The second-order valence-electron chi connectivity index (χ2n) is 6.45. The molecule has 2 aromatic heterocycles. The van der Waals surface area contributed by atoms with Crippen LogP contribution >= 0.6 is 11.8 Å². The van der Waals surface area contributed by atoms with Gasteiger partial charge in [-0.3, -0.25) is 14.5 Å². The molecule has 2 aliphatic rings. The van der Waals surface area contributed by atoms with Crippen molar-refractivity contribution in [1.82, 2.24) is 19.7 Å². The zero-order valence-electron chi connectivity index (χ0n) is 13.6. The van der Waals surface area contributed by atoms with E-state index in [1.165, 1.54) is 0 Å². The van der Waals surface area contributed by atoms with E-state index in [9.17, 15) is 4.79 Å². The lowest BCUT2D eigenvalue weighted by Gasteiger charge is -2.47. The number of aryl methyl sites for hydroxylation is 1. The Morgan fingerprint density at radius 2 is 2.25 bits per heavy atom. The molecule has 0 aliphatic carbocycles. The van der Waals surface area contributed by atoms with Gasteiger partial charge in [-0.25, -0.2) is 0 Å². The SMILES string of the molecule is Cn1nccc1C(=O)N1CC2(C[C@@H](OCc3ccccn3)CS2)C1. The molecule has 1 amide bonds. The van der Waals surface area contributed by atoms with E-state index in [1.807, 2.05) is 34.9 Å². The minimum atomic E-state index is 0.0686. The molecule has 0 unspecified atom stereocenters. The van der Waals surface area contributed by atoms with E-state index in [1.54, 1.807) is 30.2 Å². The molecule has 24 heavy (non-hydrogen) atoms. The minimum absolute atomic E-state index is 0.0686. The summed E-state index contributed by atoms with van der Waals surface area (Å²) in [6, 6.07) is 7.64. The van der Waals surface area contributed by atoms with Gasteiger partial charge < -0.3 is 9.64 Å². The van der Waals surface area contributed by atoms with Crippen LogP contribution < -0.4 is 0 Å². The third-order valence-corrected chi connectivity index (χ3v) is 6.23. The molecule has 1 spiro atoms.